The van der Waals surface area contributed by atoms with Crippen LogP contribution < -0.4 is 0 Å². The van der Waals surface area contributed by atoms with E-state index in [9.17, 15) is 4.79 Å². The van der Waals surface area contributed by atoms with Gasteiger partial charge in [-0.2, -0.15) is 5.10 Å². The molecular weight excluding hydrogens is 344 g/mol. The summed E-state index contributed by atoms with van der Waals surface area (Å²) in [5.41, 5.74) is 3.99. The molecule has 7 heteroatoms. The quantitative estimate of drug-likeness (QED) is 0.803. The smallest absolute Gasteiger partial charge is 0.274 e. The molecule has 2 aromatic heterocycles. The maximum Gasteiger partial charge on any atom is 0.274 e. The van der Waals surface area contributed by atoms with E-state index in [0.29, 0.717) is 18.3 Å². The van der Waals surface area contributed by atoms with Crippen LogP contribution in [0.15, 0.2) is 23.0 Å². The Kier molecular flexibility index (Phi) is 5.31. The van der Waals surface area contributed by atoms with Crippen LogP contribution in [0.1, 0.15) is 40.7 Å². The first-order valence-corrected chi connectivity index (χ1v) is 9.84. The van der Waals surface area contributed by atoms with Gasteiger partial charge in [-0.05, 0) is 32.3 Å². The predicted octanol–water partition coefficient (Wildman–Crippen LogP) is 1.96. The van der Waals surface area contributed by atoms with Crippen molar-refractivity contribution < 1.29 is 13.9 Å². The van der Waals surface area contributed by atoms with Crippen LogP contribution in [0.3, 0.4) is 0 Å². The lowest BCUT2D eigenvalue weighted by molar-refractivity contribution is 0.0135. The molecule has 7 nitrogen and oxygen atoms in total. The van der Waals surface area contributed by atoms with E-state index in [0.717, 1.165) is 63.2 Å². The number of nitrogens with zero attached hydrogens (tertiary/aromatic N) is 4. The maximum atomic E-state index is 13.1. The van der Waals surface area contributed by atoms with Gasteiger partial charge < -0.3 is 14.1 Å². The fourth-order valence-electron chi connectivity index (χ4n) is 4.27. The molecule has 1 aliphatic carbocycles. The minimum Gasteiger partial charge on any atom is -0.472 e. The summed E-state index contributed by atoms with van der Waals surface area (Å²) in [4.78, 5) is 17.4. The third-order valence-corrected chi connectivity index (χ3v) is 5.73. The summed E-state index contributed by atoms with van der Waals surface area (Å²) in [6, 6.07) is 2.36. The summed E-state index contributed by atoms with van der Waals surface area (Å²) in [7, 11) is 1.83. The van der Waals surface area contributed by atoms with Crippen LogP contribution in [0.4, 0.5) is 0 Å². The Bertz CT molecular complexity index is 778. The van der Waals surface area contributed by atoms with Gasteiger partial charge in [-0.3, -0.25) is 14.4 Å². The highest BCUT2D eigenvalue weighted by Gasteiger charge is 2.33. The number of aromatic nitrogens is 2. The highest BCUT2D eigenvalue weighted by molar-refractivity contribution is 5.94. The Morgan fingerprint density at radius 2 is 2.19 bits per heavy atom. The van der Waals surface area contributed by atoms with Crippen LogP contribution in [0, 0.1) is 0 Å². The van der Waals surface area contributed by atoms with Gasteiger partial charge in [0.1, 0.15) is 0 Å². The molecule has 2 aliphatic rings. The molecule has 0 saturated carbocycles. The third-order valence-electron chi connectivity index (χ3n) is 5.73. The molecule has 0 N–H and O–H groups in total. The molecule has 1 aliphatic heterocycles. The van der Waals surface area contributed by atoms with E-state index < -0.39 is 0 Å². The molecule has 3 heterocycles. The molecule has 1 fully saturated rings. The highest BCUT2D eigenvalue weighted by Crippen LogP contribution is 2.29. The number of rotatable bonds is 5. The average Bonchev–Trinajstić information content (AvgIpc) is 3.35. The van der Waals surface area contributed by atoms with Gasteiger partial charge in [0, 0.05) is 56.1 Å². The fourth-order valence-corrected chi connectivity index (χ4v) is 4.27. The van der Waals surface area contributed by atoms with Crippen LogP contribution in [-0.2, 0) is 30.7 Å². The van der Waals surface area contributed by atoms with E-state index >= 15 is 0 Å². The zero-order valence-corrected chi connectivity index (χ0v) is 16.2. The number of aryl methyl sites for hydroxylation is 1. The summed E-state index contributed by atoms with van der Waals surface area (Å²) in [6.07, 6.45) is 6.32. The van der Waals surface area contributed by atoms with Crippen LogP contribution in [0.2, 0.25) is 0 Å². The second-order valence-corrected chi connectivity index (χ2v) is 7.43. The van der Waals surface area contributed by atoms with Gasteiger partial charge >= 0.3 is 0 Å². The molecule has 2 aromatic rings. The number of furan rings is 1. The molecule has 27 heavy (non-hydrogen) atoms. The monoisotopic (exact) mass is 372 g/mol. The molecule has 146 valence electrons. The van der Waals surface area contributed by atoms with E-state index in [2.05, 4.69) is 11.8 Å². The molecule has 0 spiro atoms. The first-order chi connectivity index (χ1) is 13.2. The first kappa shape index (κ1) is 18.3. The van der Waals surface area contributed by atoms with Gasteiger partial charge in [-0.1, -0.05) is 0 Å². The van der Waals surface area contributed by atoms with Crippen LogP contribution in [-0.4, -0.2) is 64.9 Å². The summed E-state index contributed by atoms with van der Waals surface area (Å²) in [5.74, 6) is -0.0118. The summed E-state index contributed by atoms with van der Waals surface area (Å²) in [6.45, 7) is 6.97. The Labute approximate surface area is 159 Å². The second-order valence-electron chi connectivity index (χ2n) is 7.43. The van der Waals surface area contributed by atoms with Crippen molar-refractivity contribution in [2.24, 2.45) is 0 Å². The Morgan fingerprint density at radius 1 is 1.37 bits per heavy atom. The molecule has 1 saturated heterocycles. The number of amides is 1. The summed E-state index contributed by atoms with van der Waals surface area (Å²) in [5, 5.41) is 4.70. The first-order valence-electron chi connectivity index (χ1n) is 9.84. The number of hydrogen-bond acceptors (Lipinski definition) is 5. The SMILES string of the molecule is CCn1nc(C(=O)N(C)Cc2ccoc2)c2c1CCC(N1CCOCC1)C2. The van der Waals surface area contributed by atoms with E-state index in [1.807, 2.05) is 17.8 Å². The van der Waals surface area contributed by atoms with Gasteiger partial charge in [0.2, 0.25) is 0 Å². The fraction of sp³-hybridized carbons (Fsp3) is 0.600. The van der Waals surface area contributed by atoms with Crippen LogP contribution >= 0.6 is 0 Å². The van der Waals surface area contributed by atoms with Crippen molar-refractivity contribution in [2.45, 2.75) is 45.3 Å². The molecule has 1 amide bonds. The molecule has 0 bridgehead atoms. The minimum atomic E-state index is -0.0118. The second kappa shape index (κ2) is 7.86. The van der Waals surface area contributed by atoms with E-state index in [1.54, 1.807) is 17.4 Å². The number of morpholine rings is 1. The van der Waals surface area contributed by atoms with Crippen molar-refractivity contribution in [1.82, 2.24) is 19.6 Å². The number of fused-ring (bicyclic) bond motifs is 1. The molecule has 4 rings (SSSR count). The lowest BCUT2D eigenvalue weighted by atomic mass is 9.90. The topological polar surface area (TPSA) is 63.7 Å². The largest absolute Gasteiger partial charge is 0.472 e. The van der Waals surface area contributed by atoms with E-state index in [4.69, 9.17) is 14.3 Å². The van der Waals surface area contributed by atoms with Gasteiger partial charge in [-0.25, -0.2) is 0 Å². The zero-order valence-electron chi connectivity index (χ0n) is 16.2. The average molecular weight is 372 g/mol. The predicted molar refractivity (Wildman–Crippen MR) is 101 cm³/mol. The zero-order chi connectivity index (χ0) is 18.8. The van der Waals surface area contributed by atoms with Crippen molar-refractivity contribution in [3.8, 4) is 0 Å². The number of carbonyl (C=O) groups is 1. The van der Waals surface area contributed by atoms with E-state index in [-0.39, 0.29) is 5.91 Å². The van der Waals surface area contributed by atoms with Crippen molar-refractivity contribution in [2.75, 3.05) is 33.4 Å². The highest BCUT2D eigenvalue weighted by atomic mass is 16.5. The summed E-state index contributed by atoms with van der Waals surface area (Å²) < 4.78 is 12.6. The van der Waals surface area contributed by atoms with Gasteiger partial charge in [0.25, 0.3) is 5.91 Å². The molecule has 0 aromatic carbocycles. The van der Waals surface area contributed by atoms with Gasteiger partial charge in [0.15, 0.2) is 5.69 Å². The lowest BCUT2D eigenvalue weighted by Gasteiger charge is -2.36. The maximum absolute atomic E-state index is 13.1. The molecule has 1 unspecified atom stereocenters. The van der Waals surface area contributed by atoms with Crippen molar-refractivity contribution in [3.05, 3.63) is 41.1 Å². The summed E-state index contributed by atoms with van der Waals surface area (Å²) >= 11 is 0. The van der Waals surface area contributed by atoms with Gasteiger partial charge in [0.05, 0.1) is 25.7 Å². The minimum absolute atomic E-state index is 0.0118. The Hall–Kier alpha value is -2.12. The van der Waals surface area contributed by atoms with Crippen LogP contribution in [0.25, 0.3) is 0 Å². The number of hydrogen-bond donors (Lipinski definition) is 0. The standard InChI is InChI=1S/C20H28N4O3/c1-3-24-18-5-4-16(23-7-10-26-11-8-23)12-17(18)19(21-24)20(25)22(2)13-15-6-9-27-14-15/h6,9,14,16H,3-5,7-8,10-13H2,1-2H3. The Morgan fingerprint density at radius 3 is 2.89 bits per heavy atom. The Balaban J connectivity index is 1.56. The molecule has 1 atom stereocenters. The van der Waals surface area contributed by atoms with Crippen molar-refractivity contribution >= 4 is 5.91 Å². The lowest BCUT2D eigenvalue weighted by Crippen LogP contribution is -2.46. The van der Waals surface area contributed by atoms with Crippen molar-refractivity contribution in [1.29, 1.82) is 0 Å². The molecular formula is C20H28N4O3. The van der Waals surface area contributed by atoms with Crippen molar-refractivity contribution in [3.63, 3.8) is 0 Å². The normalized spacial score (nSPS) is 20.4. The van der Waals surface area contributed by atoms with Crippen LogP contribution in [0.5, 0.6) is 0 Å². The van der Waals surface area contributed by atoms with Gasteiger partial charge in [-0.15, -0.1) is 0 Å². The number of carbonyl (C=O) groups excluding carboxylic acids is 1. The van der Waals surface area contributed by atoms with E-state index in [1.165, 1.54) is 5.69 Å². The third kappa shape index (κ3) is 3.66. The molecule has 0 radical (unpaired) electrons. The number of ether oxygens (including phenoxy) is 1.